The molecule has 4 aromatic rings. The number of aryl methyl sites for hydroxylation is 1. The zero-order valence-corrected chi connectivity index (χ0v) is 26.4. The van der Waals surface area contributed by atoms with Crippen LogP contribution < -0.4 is 25.8 Å². The van der Waals surface area contributed by atoms with Gasteiger partial charge in [-0.05, 0) is 44.9 Å². The van der Waals surface area contributed by atoms with Gasteiger partial charge in [0.1, 0.15) is 41.9 Å². The smallest absolute Gasteiger partial charge is 0.418 e. The summed E-state index contributed by atoms with van der Waals surface area (Å²) in [5.41, 5.74) is 8.74. The molecule has 0 amide bonds. The fourth-order valence-corrected chi connectivity index (χ4v) is 6.64. The number of hydrogen-bond acceptors (Lipinski definition) is 11. The minimum absolute atomic E-state index is 0.0465. The monoisotopic (exact) mass is 697 g/mol. The van der Waals surface area contributed by atoms with E-state index in [1.165, 1.54) is 19.3 Å². The number of nitrogen functional groups attached to an aromatic ring is 2. The Labute approximate surface area is 275 Å². The molecule has 2 aliphatic rings. The molecular formula is C30H30ClF6N9O2. The van der Waals surface area contributed by atoms with E-state index < -0.39 is 64.4 Å². The molecule has 48 heavy (non-hydrogen) atoms. The first-order chi connectivity index (χ1) is 22.8. The van der Waals surface area contributed by atoms with Gasteiger partial charge in [0.2, 0.25) is 0 Å². The zero-order chi connectivity index (χ0) is 34.5. The number of alkyl halides is 5. The van der Waals surface area contributed by atoms with E-state index in [1.807, 2.05) is 0 Å². The van der Waals surface area contributed by atoms with E-state index in [2.05, 4.69) is 24.9 Å². The van der Waals surface area contributed by atoms with Crippen LogP contribution in [0.15, 0.2) is 18.5 Å². The Balaban J connectivity index is 1.57. The molecule has 18 heteroatoms. The van der Waals surface area contributed by atoms with Crippen LogP contribution in [0.3, 0.4) is 0 Å². The van der Waals surface area contributed by atoms with Gasteiger partial charge in [-0.25, -0.2) is 23.1 Å². The lowest BCUT2D eigenvalue weighted by atomic mass is 9.98. The molecule has 256 valence electrons. The van der Waals surface area contributed by atoms with Crippen LogP contribution in [0.2, 0.25) is 5.02 Å². The van der Waals surface area contributed by atoms with Crippen molar-refractivity contribution in [2.75, 3.05) is 49.2 Å². The SMILES string of the molecule is Cc1cc(N)nc(-c2c(Cl)c3c4c(nc(OC[C@@H]5CCCN5CC(F)F)nc4c2F)N([C@H](C)c2nccnc2N)CCO3)c1C(F)(F)F. The van der Waals surface area contributed by atoms with Crippen molar-refractivity contribution in [1.82, 2.24) is 29.8 Å². The minimum atomic E-state index is -4.96. The highest BCUT2D eigenvalue weighted by Gasteiger charge is 2.40. The third kappa shape index (κ3) is 6.16. The van der Waals surface area contributed by atoms with E-state index in [0.717, 1.165) is 6.07 Å². The molecule has 0 spiro atoms. The Hall–Kier alpha value is -4.38. The molecule has 11 nitrogen and oxygen atoms in total. The van der Waals surface area contributed by atoms with Crippen LogP contribution >= 0.6 is 11.6 Å². The summed E-state index contributed by atoms with van der Waals surface area (Å²) in [6.45, 7) is 2.85. The van der Waals surface area contributed by atoms with Crippen molar-refractivity contribution in [1.29, 1.82) is 0 Å². The lowest BCUT2D eigenvalue weighted by molar-refractivity contribution is -0.137. The first-order valence-electron chi connectivity index (χ1n) is 14.9. The summed E-state index contributed by atoms with van der Waals surface area (Å²) in [6.07, 6.45) is -3.42. The molecule has 2 atom stereocenters. The molecule has 6 rings (SSSR count). The molecule has 0 bridgehead atoms. The summed E-state index contributed by atoms with van der Waals surface area (Å²) in [4.78, 5) is 24.5. The zero-order valence-electron chi connectivity index (χ0n) is 25.7. The maximum atomic E-state index is 16.9. The van der Waals surface area contributed by atoms with Gasteiger partial charge in [-0.2, -0.15) is 23.1 Å². The number of ether oxygens (including phenoxy) is 2. The van der Waals surface area contributed by atoms with Crippen LogP contribution in [0.1, 0.15) is 42.6 Å². The lowest BCUT2D eigenvalue weighted by Gasteiger charge is -2.29. The van der Waals surface area contributed by atoms with Crippen LogP contribution in [0, 0.1) is 12.7 Å². The third-order valence-corrected chi connectivity index (χ3v) is 8.81. The summed E-state index contributed by atoms with van der Waals surface area (Å²) < 4.78 is 98.3. The molecule has 0 unspecified atom stereocenters. The van der Waals surface area contributed by atoms with Gasteiger partial charge in [-0.1, -0.05) is 11.6 Å². The summed E-state index contributed by atoms with van der Waals surface area (Å²) >= 11 is 6.72. The van der Waals surface area contributed by atoms with Crippen molar-refractivity contribution in [2.24, 2.45) is 0 Å². The standard InChI is InChI=1S/C30H30ClF6N9O2/c1-13-10-17(38)42-24(20(13)30(35,36)37)18-21(31)26-19-25(22(18)34)43-29(48-12-15-4-3-7-45(15)11-16(32)33)44-28(19)46(8-9-47-26)14(2)23-27(39)41-6-5-40-23/h5-6,10,14-16H,3-4,7-9,11-12H2,1-2H3,(H2,38,42)(H2,39,41)/t14-,15+/m1/s1. The van der Waals surface area contributed by atoms with Crippen molar-refractivity contribution < 1.29 is 35.8 Å². The van der Waals surface area contributed by atoms with Crippen molar-refractivity contribution in [3.05, 3.63) is 46.1 Å². The Kier molecular flexibility index (Phi) is 9.02. The highest BCUT2D eigenvalue weighted by atomic mass is 35.5. The fraction of sp³-hybridized carbons (Fsp3) is 0.433. The average molecular weight is 698 g/mol. The van der Waals surface area contributed by atoms with Gasteiger partial charge in [0.05, 0.1) is 46.4 Å². The molecule has 0 aliphatic carbocycles. The molecule has 1 aromatic carbocycles. The molecule has 5 heterocycles. The third-order valence-electron chi connectivity index (χ3n) is 8.45. The summed E-state index contributed by atoms with van der Waals surface area (Å²) in [7, 11) is 0. The highest BCUT2D eigenvalue weighted by Crippen LogP contribution is 2.50. The number of hydrogen-bond donors (Lipinski definition) is 2. The van der Waals surface area contributed by atoms with E-state index in [1.54, 1.807) is 16.7 Å². The van der Waals surface area contributed by atoms with Gasteiger partial charge in [0.15, 0.2) is 11.6 Å². The Morgan fingerprint density at radius 1 is 1.12 bits per heavy atom. The number of likely N-dealkylation sites (tertiary alicyclic amines) is 1. The van der Waals surface area contributed by atoms with Crippen LogP contribution in [0.4, 0.5) is 43.8 Å². The van der Waals surface area contributed by atoms with Gasteiger partial charge in [0, 0.05) is 18.4 Å². The molecule has 0 saturated carbocycles. The van der Waals surface area contributed by atoms with Gasteiger partial charge in [0.25, 0.3) is 6.43 Å². The van der Waals surface area contributed by atoms with E-state index >= 15 is 4.39 Å². The van der Waals surface area contributed by atoms with E-state index in [0.29, 0.717) is 25.1 Å². The van der Waals surface area contributed by atoms with Crippen LogP contribution in [-0.2, 0) is 6.18 Å². The number of benzene rings is 1. The van der Waals surface area contributed by atoms with Crippen molar-refractivity contribution in [3.63, 3.8) is 0 Å². The highest BCUT2D eigenvalue weighted by molar-refractivity contribution is 6.36. The van der Waals surface area contributed by atoms with Crippen molar-refractivity contribution in [2.45, 2.75) is 51.4 Å². The van der Waals surface area contributed by atoms with E-state index in [4.69, 9.17) is 32.5 Å². The fourth-order valence-electron chi connectivity index (χ4n) is 6.32. The number of aromatic nitrogens is 5. The normalized spacial score (nSPS) is 17.5. The number of anilines is 3. The van der Waals surface area contributed by atoms with Crippen LogP contribution in [-0.4, -0.2) is 75.1 Å². The lowest BCUT2D eigenvalue weighted by Crippen LogP contribution is -2.37. The summed E-state index contributed by atoms with van der Waals surface area (Å²) in [6, 6.07) is -0.356. The van der Waals surface area contributed by atoms with Crippen LogP contribution in [0.5, 0.6) is 11.8 Å². The molecule has 0 radical (unpaired) electrons. The first kappa shape index (κ1) is 33.5. The summed E-state index contributed by atoms with van der Waals surface area (Å²) in [5, 5.41) is -0.543. The number of nitrogens with zero attached hydrogens (tertiary/aromatic N) is 7. The van der Waals surface area contributed by atoms with E-state index in [9.17, 15) is 22.0 Å². The predicted octanol–water partition coefficient (Wildman–Crippen LogP) is 5.83. The molecule has 3 aromatic heterocycles. The first-order valence-corrected chi connectivity index (χ1v) is 15.3. The largest absolute Gasteiger partial charge is 0.489 e. The maximum absolute atomic E-state index is 16.9. The number of nitrogens with two attached hydrogens (primary N) is 2. The Bertz CT molecular complexity index is 1860. The molecule has 1 saturated heterocycles. The second-order valence-corrected chi connectivity index (χ2v) is 11.9. The summed E-state index contributed by atoms with van der Waals surface area (Å²) in [5.74, 6) is -1.54. The maximum Gasteiger partial charge on any atom is 0.418 e. The topological polar surface area (TPSA) is 141 Å². The molecular weight excluding hydrogens is 668 g/mol. The van der Waals surface area contributed by atoms with Gasteiger partial charge in [-0.15, -0.1) is 0 Å². The average Bonchev–Trinajstić information content (AvgIpc) is 3.34. The number of pyridine rings is 1. The Morgan fingerprint density at radius 3 is 2.58 bits per heavy atom. The van der Waals surface area contributed by atoms with Crippen molar-refractivity contribution >= 4 is 40.0 Å². The van der Waals surface area contributed by atoms with Gasteiger partial charge < -0.3 is 25.8 Å². The quantitative estimate of drug-likeness (QED) is 0.215. The molecule has 2 aliphatic heterocycles. The van der Waals surface area contributed by atoms with E-state index in [-0.39, 0.29) is 59.9 Å². The van der Waals surface area contributed by atoms with Crippen LogP contribution in [0.25, 0.3) is 22.2 Å². The second-order valence-electron chi connectivity index (χ2n) is 11.5. The molecule has 4 N–H and O–H groups in total. The minimum Gasteiger partial charge on any atom is -0.489 e. The Morgan fingerprint density at radius 2 is 1.88 bits per heavy atom. The second kappa shape index (κ2) is 12.9. The van der Waals surface area contributed by atoms with Gasteiger partial charge >= 0.3 is 12.2 Å². The van der Waals surface area contributed by atoms with Crippen molar-refractivity contribution in [3.8, 4) is 23.0 Å². The molecule has 1 fully saturated rings. The number of rotatable bonds is 8. The van der Waals surface area contributed by atoms with Gasteiger partial charge in [-0.3, -0.25) is 9.88 Å². The predicted molar refractivity (Wildman–Crippen MR) is 166 cm³/mol. The number of halogens is 7.